The molecular weight excluding hydrogens is 664 g/mol. The van der Waals surface area contributed by atoms with Crippen LogP contribution in [0.5, 0.6) is 17.2 Å². The maximum Gasteiger partial charge on any atom is 0.308 e. The molecule has 2 aromatic carbocycles. The number of amides is 1. The van der Waals surface area contributed by atoms with Crippen LogP contribution < -0.4 is 9.47 Å². The van der Waals surface area contributed by atoms with Crippen LogP contribution in [-0.2, 0) is 27.8 Å². The van der Waals surface area contributed by atoms with Crippen molar-refractivity contribution in [3.63, 3.8) is 0 Å². The van der Waals surface area contributed by atoms with Crippen LogP contribution in [0.3, 0.4) is 0 Å². The average molecular weight is 706 g/mol. The van der Waals surface area contributed by atoms with E-state index < -0.39 is 5.97 Å². The minimum atomic E-state index is -0.453. The van der Waals surface area contributed by atoms with Gasteiger partial charge in [-0.25, -0.2) is 0 Å². The highest BCUT2D eigenvalue weighted by Gasteiger charge is 2.67. The van der Waals surface area contributed by atoms with Gasteiger partial charge in [0.2, 0.25) is 5.91 Å². The largest absolute Gasteiger partial charge is 0.508 e. The number of aromatic hydroxyl groups is 1. The third-order valence-corrected chi connectivity index (χ3v) is 12.2. The number of ether oxygens (including phenoxy) is 2. The van der Waals surface area contributed by atoms with Gasteiger partial charge in [-0.3, -0.25) is 14.5 Å². The normalized spacial score (nSPS) is 26.2. The molecule has 2 fully saturated rings. The Balaban J connectivity index is 1.27. The van der Waals surface area contributed by atoms with Crippen molar-refractivity contribution in [2.75, 3.05) is 19.6 Å². The van der Waals surface area contributed by atoms with Crippen molar-refractivity contribution in [1.29, 1.82) is 0 Å². The number of carbonyl (C=O) groups is 2. The van der Waals surface area contributed by atoms with Crippen molar-refractivity contribution in [3.05, 3.63) is 80.0 Å². The molecule has 4 aliphatic rings. The Kier molecular flexibility index (Phi) is 8.53. The first kappa shape index (κ1) is 31.5. The molecule has 5 atom stereocenters. The second-order valence-corrected chi connectivity index (χ2v) is 15.5. The number of hydrogen-bond acceptors (Lipinski definition) is 7. The molecule has 1 saturated heterocycles. The molecule has 2 bridgehead atoms. The topological polar surface area (TPSA) is 79.3 Å². The second kappa shape index (κ2) is 12.5. The quantitative estimate of drug-likeness (QED) is 0.147. The molecule has 7 nitrogen and oxygen atoms in total. The Morgan fingerprint density at radius 2 is 2.04 bits per heavy atom. The predicted octanol–water partition coefficient (Wildman–Crippen LogP) is 6.99. The Morgan fingerprint density at radius 1 is 1.24 bits per heavy atom. The highest BCUT2D eigenvalue weighted by molar-refractivity contribution is 9.10. The van der Waals surface area contributed by atoms with Gasteiger partial charge in [0.25, 0.3) is 0 Å². The molecule has 1 amide bonds. The highest BCUT2D eigenvalue weighted by Crippen LogP contribution is 2.65. The molecule has 1 spiro atoms. The van der Waals surface area contributed by atoms with Gasteiger partial charge >= 0.3 is 5.97 Å². The van der Waals surface area contributed by atoms with E-state index in [-0.39, 0.29) is 46.9 Å². The summed E-state index contributed by atoms with van der Waals surface area (Å²) >= 11 is 5.10. The fourth-order valence-electron chi connectivity index (χ4n) is 8.84. The summed E-state index contributed by atoms with van der Waals surface area (Å²) in [7, 11) is 0. The van der Waals surface area contributed by atoms with Crippen molar-refractivity contribution in [3.8, 4) is 17.2 Å². The van der Waals surface area contributed by atoms with E-state index >= 15 is 0 Å². The molecule has 3 aromatic rings. The van der Waals surface area contributed by atoms with Gasteiger partial charge in [-0.2, -0.15) is 0 Å². The van der Waals surface area contributed by atoms with E-state index in [1.165, 1.54) is 12.5 Å². The SMILES string of the molecule is CC(=O)Oc1cc(O)c2c3c1O[C@H]1[C@H](N(CC(C)C)C(=O)/C=C/c4cc(Br)cs4)CC[C@H]4[C@@H](C2)N(CCc2ccccc2)CC[C@@]341. The number of hydrogen-bond donors (Lipinski definition) is 1. The second-order valence-electron chi connectivity index (χ2n) is 13.7. The number of benzene rings is 2. The van der Waals surface area contributed by atoms with Gasteiger partial charge in [0.1, 0.15) is 11.9 Å². The summed E-state index contributed by atoms with van der Waals surface area (Å²) in [5.74, 6) is 1.11. The van der Waals surface area contributed by atoms with Gasteiger partial charge in [-0.05, 0) is 84.1 Å². The molecule has 0 unspecified atom stereocenters. The summed E-state index contributed by atoms with van der Waals surface area (Å²) in [5, 5.41) is 13.5. The van der Waals surface area contributed by atoms with Gasteiger partial charge in [0.05, 0.1) is 6.04 Å². The maximum absolute atomic E-state index is 14.1. The summed E-state index contributed by atoms with van der Waals surface area (Å²) in [4.78, 5) is 31.9. The molecule has 0 radical (unpaired) electrons. The smallest absolute Gasteiger partial charge is 0.308 e. The van der Waals surface area contributed by atoms with Crippen molar-refractivity contribution in [2.24, 2.45) is 11.8 Å². The Morgan fingerprint density at radius 3 is 2.76 bits per heavy atom. The molecule has 3 heterocycles. The zero-order valence-corrected chi connectivity index (χ0v) is 29.0. The zero-order chi connectivity index (χ0) is 32.2. The summed E-state index contributed by atoms with van der Waals surface area (Å²) in [5.41, 5.74) is 2.86. The number of rotatable bonds is 9. The Bertz CT molecular complexity index is 1670. The number of carbonyl (C=O) groups excluding carboxylic acids is 2. The first-order chi connectivity index (χ1) is 22.2. The molecule has 9 heteroatoms. The fraction of sp³-hybridized carbons (Fsp3) is 0.459. The molecule has 1 N–H and O–H groups in total. The minimum Gasteiger partial charge on any atom is -0.508 e. The van der Waals surface area contributed by atoms with Crippen molar-refractivity contribution < 1.29 is 24.2 Å². The van der Waals surface area contributed by atoms with Crippen molar-refractivity contribution in [1.82, 2.24) is 9.80 Å². The van der Waals surface area contributed by atoms with Crippen LogP contribution in [-0.4, -0.2) is 64.6 Å². The van der Waals surface area contributed by atoms with E-state index in [1.807, 2.05) is 22.4 Å². The molecule has 7 rings (SSSR count). The summed E-state index contributed by atoms with van der Waals surface area (Å²) in [6, 6.07) is 14.3. The number of likely N-dealkylation sites (tertiary alicyclic amines) is 1. The molecular formula is C37H41BrN2O5S. The highest BCUT2D eigenvalue weighted by atomic mass is 79.9. The number of phenols is 1. The van der Waals surface area contributed by atoms with E-state index in [0.717, 1.165) is 65.7 Å². The van der Waals surface area contributed by atoms with E-state index in [2.05, 4.69) is 65.0 Å². The first-order valence-electron chi connectivity index (χ1n) is 16.4. The standard InChI is InChI=1S/C37H41BrN2O5S/c1-22(2)20-40(33(43)12-9-26-17-25(38)21-46-26)29-11-10-28-30-18-27-31(42)19-32(44-23(3)41)35-34(27)37(28,36(29)45-35)14-16-39(30)15-13-24-7-5-4-6-8-24/h4-9,12,17,19,21-22,28-30,36,42H,10-11,13-16,18,20H2,1-3H3/b12-9+/t28-,29+,30+,36-,37-/m0/s1. The van der Waals surface area contributed by atoms with Crippen LogP contribution in [0.15, 0.2) is 58.4 Å². The molecule has 242 valence electrons. The number of nitrogens with zero attached hydrogens (tertiary/aromatic N) is 2. The van der Waals surface area contributed by atoms with Crippen LogP contribution in [0, 0.1) is 11.8 Å². The van der Waals surface area contributed by atoms with Crippen LogP contribution in [0.1, 0.15) is 61.6 Å². The number of halogens is 1. The Labute approximate surface area is 283 Å². The lowest BCUT2D eigenvalue weighted by molar-refractivity contribution is -0.138. The van der Waals surface area contributed by atoms with Crippen molar-refractivity contribution in [2.45, 2.75) is 76.5 Å². The molecule has 1 aromatic heterocycles. The van der Waals surface area contributed by atoms with Gasteiger partial charge in [0.15, 0.2) is 11.5 Å². The summed E-state index contributed by atoms with van der Waals surface area (Å²) < 4.78 is 13.7. The predicted molar refractivity (Wildman–Crippen MR) is 183 cm³/mol. The average Bonchev–Trinajstić information content (AvgIpc) is 3.60. The van der Waals surface area contributed by atoms with Crippen LogP contribution >= 0.6 is 27.3 Å². The molecule has 2 aliphatic heterocycles. The van der Waals surface area contributed by atoms with E-state index in [1.54, 1.807) is 23.5 Å². The molecule has 46 heavy (non-hydrogen) atoms. The zero-order valence-electron chi connectivity index (χ0n) is 26.6. The van der Waals surface area contributed by atoms with Gasteiger partial charge in [0, 0.05) is 69.5 Å². The van der Waals surface area contributed by atoms with Crippen LogP contribution in [0.25, 0.3) is 6.08 Å². The minimum absolute atomic E-state index is 0.0198. The van der Waals surface area contributed by atoms with E-state index in [0.29, 0.717) is 18.2 Å². The van der Waals surface area contributed by atoms with Gasteiger partial charge in [-0.1, -0.05) is 44.2 Å². The number of phenolic OH excluding ortho intramolecular Hbond substituents is 1. The maximum atomic E-state index is 14.1. The summed E-state index contributed by atoms with van der Waals surface area (Å²) in [6.45, 7) is 8.13. The van der Waals surface area contributed by atoms with Crippen LogP contribution in [0.4, 0.5) is 0 Å². The monoisotopic (exact) mass is 704 g/mol. The van der Waals surface area contributed by atoms with Crippen LogP contribution in [0.2, 0.25) is 0 Å². The first-order valence-corrected chi connectivity index (χ1v) is 18.1. The number of piperidine rings is 1. The van der Waals surface area contributed by atoms with E-state index in [9.17, 15) is 14.7 Å². The number of thiophene rings is 1. The lowest BCUT2D eigenvalue weighted by Gasteiger charge is -2.60. The molecule has 1 saturated carbocycles. The molecule has 2 aliphatic carbocycles. The van der Waals surface area contributed by atoms with E-state index in [4.69, 9.17) is 9.47 Å². The Hall–Kier alpha value is -3.14. The fourth-order valence-corrected chi connectivity index (χ4v) is 10.2. The lowest BCUT2D eigenvalue weighted by atomic mass is 9.50. The van der Waals surface area contributed by atoms with Gasteiger partial charge < -0.3 is 19.5 Å². The third kappa shape index (κ3) is 5.48. The lowest BCUT2D eigenvalue weighted by Crippen LogP contribution is -2.69. The summed E-state index contributed by atoms with van der Waals surface area (Å²) in [6.07, 6.45) is 7.63. The number of esters is 1. The van der Waals surface area contributed by atoms with Gasteiger partial charge in [-0.15, -0.1) is 11.3 Å². The van der Waals surface area contributed by atoms with Crippen molar-refractivity contribution >= 4 is 45.2 Å². The third-order valence-electron chi connectivity index (χ3n) is 10.5.